The zero-order valence-electron chi connectivity index (χ0n) is 20.1. The standard InChI is InChI=1S/C25H20F4N4O4S2/c1-33(18-4-7-22-21(12-18)30-13-38-22)24(34)20(6-2-14-8-16(27)10-17(28)9-14)31-25(35)32-39(36,37)23-11-15(26)3-5-19(23)29/h3-5,7-13,20H,2,6H2,1H3,(H2,31,32,35)/t20-/m0/s1. The highest BCUT2D eigenvalue weighted by atomic mass is 32.2. The van der Waals surface area contributed by atoms with Crippen molar-refractivity contribution >= 4 is 49.2 Å². The van der Waals surface area contributed by atoms with E-state index in [1.807, 2.05) is 0 Å². The maximum atomic E-state index is 14.0. The monoisotopic (exact) mass is 580 g/mol. The minimum Gasteiger partial charge on any atom is -0.325 e. The number of carbonyl (C=O) groups is 2. The summed E-state index contributed by atoms with van der Waals surface area (Å²) < 4.78 is 82.3. The molecule has 4 aromatic rings. The summed E-state index contributed by atoms with van der Waals surface area (Å²) in [5.41, 5.74) is 2.86. The van der Waals surface area contributed by atoms with Crippen molar-refractivity contribution in [2.24, 2.45) is 0 Å². The number of nitrogens with zero attached hydrogens (tertiary/aromatic N) is 2. The maximum absolute atomic E-state index is 14.0. The number of likely N-dealkylation sites (N-methyl/N-ethyl adjacent to an activating group) is 1. The summed E-state index contributed by atoms with van der Waals surface area (Å²) in [6, 6.07) is 6.73. The molecule has 3 amide bonds. The molecule has 0 saturated carbocycles. The van der Waals surface area contributed by atoms with Gasteiger partial charge in [0, 0.05) is 18.8 Å². The molecule has 0 saturated heterocycles. The molecule has 0 radical (unpaired) electrons. The number of urea groups is 1. The Morgan fingerprint density at radius 1 is 0.974 bits per heavy atom. The molecule has 0 aliphatic rings. The molecule has 3 aromatic carbocycles. The molecule has 4 rings (SSSR count). The number of rotatable bonds is 8. The number of thiazole rings is 1. The first kappa shape index (κ1) is 28.0. The zero-order chi connectivity index (χ0) is 28.3. The molecule has 39 heavy (non-hydrogen) atoms. The molecular weight excluding hydrogens is 560 g/mol. The van der Waals surface area contributed by atoms with Crippen molar-refractivity contribution in [3.05, 3.63) is 88.9 Å². The summed E-state index contributed by atoms with van der Waals surface area (Å²) in [5.74, 6) is -4.71. The number of fused-ring (bicyclic) bond motifs is 1. The second-order valence-corrected chi connectivity index (χ2v) is 11.0. The summed E-state index contributed by atoms with van der Waals surface area (Å²) in [7, 11) is -3.44. The molecular formula is C25H20F4N4O4S2. The van der Waals surface area contributed by atoms with Crippen LogP contribution in [0.25, 0.3) is 10.2 Å². The number of anilines is 1. The van der Waals surface area contributed by atoms with E-state index in [1.165, 1.54) is 23.3 Å². The van der Waals surface area contributed by atoms with E-state index >= 15 is 0 Å². The molecule has 1 atom stereocenters. The van der Waals surface area contributed by atoms with Gasteiger partial charge in [-0.15, -0.1) is 11.3 Å². The van der Waals surface area contributed by atoms with Crippen LogP contribution in [0, 0.1) is 23.3 Å². The van der Waals surface area contributed by atoms with E-state index in [0.29, 0.717) is 35.5 Å². The van der Waals surface area contributed by atoms with Crippen LogP contribution >= 0.6 is 11.3 Å². The van der Waals surface area contributed by atoms with Crippen molar-refractivity contribution in [1.82, 2.24) is 15.0 Å². The van der Waals surface area contributed by atoms with Crippen molar-refractivity contribution < 1.29 is 35.6 Å². The van der Waals surface area contributed by atoms with E-state index in [-0.39, 0.29) is 18.4 Å². The second kappa shape index (κ2) is 11.4. The number of hydrogen-bond donors (Lipinski definition) is 2. The number of carbonyl (C=O) groups excluding carboxylic acids is 2. The van der Waals surface area contributed by atoms with Crippen LogP contribution in [0.2, 0.25) is 0 Å². The predicted octanol–water partition coefficient (Wildman–Crippen LogP) is 4.51. The minimum atomic E-state index is -4.86. The summed E-state index contributed by atoms with van der Waals surface area (Å²) in [6.45, 7) is 0. The van der Waals surface area contributed by atoms with Crippen LogP contribution in [-0.2, 0) is 21.2 Å². The molecule has 0 spiro atoms. The van der Waals surface area contributed by atoms with Crippen LogP contribution < -0.4 is 14.9 Å². The van der Waals surface area contributed by atoms with E-state index in [2.05, 4.69) is 10.3 Å². The van der Waals surface area contributed by atoms with Gasteiger partial charge in [-0.2, -0.15) is 0 Å². The lowest BCUT2D eigenvalue weighted by molar-refractivity contribution is -0.120. The number of hydrogen-bond acceptors (Lipinski definition) is 6. The summed E-state index contributed by atoms with van der Waals surface area (Å²) in [6.07, 6.45) is -0.261. The SMILES string of the molecule is CN(C(=O)[C@H](CCc1cc(F)cc(F)c1)NC(=O)NS(=O)(=O)c1cc(F)ccc1F)c1ccc2scnc2c1. The van der Waals surface area contributed by atoms with E-state index in [0.717, 1.165) is 16.8 Å². The van der Waals surface area contributed by atoms with E-state index in [1.54, 1.807) is 28.4 Å². The van der Waals surface area contributed by atoms with Gasteiger partial charge in [0.25, 0.3) is 10.0 Å². The van der Waals surface area contributed by atoms with Crippen molar-refractivity contribution in [2.45, 2.75) is 23.8 Å². The highest BCUT2D eigenvalue weighted by Gasteiger charge is 2.28. The highest BCUT2D eigenvalue weighted by molar-refractivity contribution is 7.90. The molecule has 0 aliphatic carbocycles. The quantitative estimate of drug-likeness (QED) is 0.299. The topological polar surface area (TPSA) is 108 Å². The molecule has 0 unspecified atom stereocenters. The van der Waals surface area contributed by atoms with Gasteiger partial charge in [0.2, 0.25) is 5.91 Å². The normalized spacial score (nSPS) is 12.2. The summed E-state index contributed by atoms with van der Waals surface area (Å²) in [4.78, 5) is 30.3. The van der Waals surface area contributed by atoms with E-state index in [4.69, 9.17) is 0 Å². The molecule has 2 N–H and O–H groups in total. The van der Waals surface area contributed by atoms with Gasteiger partial charge in [-0.3, -0.25) is 4.79 Å². The van der Waals surface area contributed by atoms with Crippen molar-refractivity contribution in [2.75, 3.05) is 11.9 Å². The number of nitrogens with one attached hydrogen (secondary N) is 2. The van der Waals surface area contributed by atoms with Crippen LogP contribution in [0.15, 0.2) is 65.0 Å². The van der Waals surface area contributed by atoms with Gasteiger partial charge in [0.1, 0.15) is 34.2 Å². The lowest BCUT2D eigenvalue weighted by Gasteiger charge is -2.25. The van der Waals surface area contributed by atoms with Crippen LogP contribution in [0.5, 0.6) is 0 Å². The number of amides is 3. The van der Waals surface area contributed by atoms with Gasteiger partial charge < -0.3 is 10.2 Å². The van der Waals surface area contributed by atoms with Gasteiger partial charge in [-0.1, -0.05) is 0 Å². The fraction of sp³-hybridized carbons (Fsp3) is 0.160. The van der Waals surface area contributed by atoms with Crippen LogP contribution in [-0.4, -0.2) is 38.4 Å². The number of halogens is 4. The predicted molar refractivity (Wildman–Crippen MR) is 137 cm³/mol. The number of aromatic nitrogens is 1. The maximum Gasteiger partial charge on any atom is 0.329 e. The molecule has 204 valence electrons. The zero-order valence-corrected chi connectivity index (χ0v) is 21.8. The Kier molecular flexibility index (Phi) is 8.16. The van der Waals surface area contributed by atoms with E-state index in [9.17, 15) is 35.6 Å². The third-order valence-electron chi connectivity index (χ3n) is 5.69. The van der Waals surface area contributed by atoms with Crippen LogP contribution in [0.1, 0.15) is 12.0 Å². The van der Waals surface area contributed by atoms with Crippen molar-refractivity contribution in [3.8, 4) is 0 Å². The molecule has 0 bridgehead atoms. The first-order chi connectivity index (χ1) is 18.4. The Hall–Kier alpha value is -4.04. The largest absolute Gasteiger partial charge is 0.329 e. The molecule has 1 aromatic heterocycles. The first-order valence-electron chi connectivity index (χ1n) is 11.3. The molecule has 14 heteroatoms. The summed E-state index contributed by atoms with van der Waals surface area (Å²) in [5, 5.41) is 2.22. The van der Waals surface area contributed by atoms with Gasteiger partial charge in [-0.25, -0.2) is 40.5 Å². The smallest absolute Gasteiger partial charge is 0.325 e. The first-order valence-corrected chi connectivity index (χ1v) is 13.6. The third kappa shape index (κ3) is 6.70. The minimum absolute atomic E-state index is 0.0738. The molecule has 8 nitrogen and oxygen atoms in total. The molecule has 1 heterocycles. The Balaban J connectivity index is 1.57. The van der Waals surface area contributed by atoms with E-state index < -0.39 is 56.2 Å². The fourth-order valence-corrected chi connectivity index (χ4v) is 5.45. The lowest BCUT2D eigenvalue weighted by atomic mass is 10.0. The van der Waals surface area contributed by atoms with Crippen molar-refractivity contribution in [1.29, 1.82) is 0 Å². The van der Waals surface area contributed by atoms with Crippen LogP contribution in [0.3, 0.4) is 0 Å². The molecule has 0 fully saturated rings. The van der Waals surface area contributed by atoms with Gasteiger partial charge in [0.15, 0.2) is 0 Å². The number of benzene rings is 3. The second-order valence-electron chi connectivity index (χ2n) is 8.42. The lowest BCUT2D eigenvalue weighted by Crippen LogP contribution is -2.51. The highest BCUT2D eigenvalue weighted by Crippen LogP contribution is 2.24. The number of sulfonamides is 1. The van der Waals surface area contributed by atoms with Gasteiger partial charge in [0.05, 0.1) is 15.7 Å². The summed E-state index contributed by atoms with van der Waals surface area (Å²) >= 11 is 1.40. The average Bonchev–Trinajstić information content (AvgIpc) is 3.34. The van der Waals surface area contributed by atoms with Gasteiger partial charge >= 0.3 is 6.03 Å². The van der Waals surface area contributed by atoms with Gasteiger partial charge in [-0.05, 0) is 66.9 Å². The van der Waals surface area contributed by atoms with Crippen molar-refractivity contribution in [3.63, 3.8) is 0 Å². The third-order valence-corrected chi connectivity index (χ3v) is 7.85. The Labute approximate surface area is 224 Å². The number of aryl methyl sites for hydroxylation is 1. The molecule has 0 aliphatic heterocycles. The fourth-order valence-electron chi connectivity index (χ4n) is 3.79. The Bertz CT molecular complexity index is 1640. The Morgan fingerprint density at radius 3 is 2.41 bits per heavy atom. The Morgan fingerprint density at radius 2 is 1.69 bits per heavy atom. The van der Waals surface area contributed by atoms with Crippen LogP contribution in [0.4, 0.5) is 28.0 Å². The average molecular weight is 581 g/mol.